The standard InChI is InChI=1S/C26H23FN2O4/c1-32-20-12-13-21(22(16-20)33-2)28-24-23(18-8-10-19(27)11-9-18)25(30)29(26(24)31)15-14-17-6-4-3-5-7-17/h3-13,16,28H,14-15H2,1-2H3. The first-order valence-electron chi connectivity index (χ1n) is 10.4. The van der Waals surface area contributed by atoms with E-state index < -0.39 is 17.6 Å². The van der Waals surface area contributed by atoms with E-state index in [2.05, 4.69) is 5.32 Å². The topological polar surface area (TPSA) is 67.9 Å². The van der Waals surface area contributed by atoms with Gasteiger partial charge in [-0.2, -0.15) is 0 Å². The molecule has 1 aliphatic heterocycles. The Morgan fingerprint density at radius 2 is 1.61 bits per heavy atom. The number of nitrogens with zero attached hydrogens (tertiary/aromatic N) is 1. The Balaban J connectivity index is 1.70. The van der Waals surface area contributed by atoms with Crippen LogP contribution < -0.4 is 14.8 Å². The lowest BCUT2D eigenvalue weighted by atomic mass is 10.0. The predicted octanol–water partition coefficient (Wildman–Crippen LogP) is 4.28. The summed E-state index contributed by atoms with van der Waals surface area (Å²) in [6.07, 6.45) is 0.522. The molecule has 0 saturated carbocycles. The lowest BCUT2D eigenvalue weighted by Gasteiger charge is -2.16. The van der Waals surface area contributed by atoms with Gasteiger partial charge in [-0.05, 0) is 41.8 Å². The van der Waals surface area contributed by atoms with E-state index in [-0.39, 0.29) is 17.8 Å². The van der Waals surface area contributed by atoms with Gasteiger partial charge in [0.1, 0.15) is 23.0 Å². The van der Waals surface area contributed by atoms with Crippen LogP contribution in [-0.2, 0) is 16.0 Å². The van der Waals surface area contributed by atoms with Crippen molar-refractivity contribution in [1.29, 1.82) is 0 Å². The van der Waals surface area contributed by atoms with Gasteiger partial charge < -0.3 is 14.8 Å². The van der Waals surface area contributed by atoms with Gasteiger partial charge in [0.25, 0.3) is 11.8 Å². The van der Waals surface area contributed by atoms with Crippen LogP contribution in [0.1, 0.15) is 11.1 Å². The Labute approximate surface area is 191 Å². The van der Waals surface area contributed by atoms with Crippen LogP contribution in [0, 0.1) is 5.82 Å². The molecule has 3 aromatic carbocycles. The lowest BCUT2D eigenvalue weighted by Crippen LogP contribution is -2.34. The van der Waals surface area contributed by atoms with E-state index in [1.165, 1.54) is 36.3 Å². The maximum Gasteiger partial charge on any atom is 0.278 e. The number of carbonyl (C=O) groups is 2. The van der Waals surface area contributed by atoms with Crippen molar-refractivity contribution in [2.75, 3.05) is 26.1 Å². The number of imide groups is 1. The van der Waals surface area contributed by atoms with Crippen molar-refractivity contribution in [3.05, 3.63) is 95.4 Å². The third kappa shape index (κ3) is 4.57. The van der Waals surface area contributed by atoms with Crippen LogP contribution in [0.4, 0.5) is 10.1 Å². The molecule has 2 amide bonds. The zero-order valence-electron chi connectivity index (χ0n) is 18.3. The molecule has 0 bridgehead atoms. The summed E-state index contributed by atoms with van der Waals surface area (Å²) in [6, 6.07) is 20.2. The molecule has 4 rings (SSSR count). The van der Waals surface area contributed by atoms with Crippen molar-refractivity contribution in [2.45, 2.75) is 6.42 Å². The Morgan fingerprint density at radius 3 is 2.27 bits per heavy atom. The number of amides is 2. The number of methoxy groups -OCH3 is 2. The molecule has 0 fully saturated rings. The molecule has 0 aliphatic carbocycles. The predicted molar refractivity (Wildman–Crippen MR) is 123 cm³/mol. The van der Waals surface area contributed by atoms with Crippen molar-refractivity contribution in [3.63, 3.8) is 0 Å². The monoisotopic (exact) mass is 446 g/mol. The summed E-state index contributed by atoms with van der Waals surface area (Å²) in [5, 5.41) is 3.08. The Bertz CT molecular complexity index is 1210. The van der Waals surface area contributed by atoms with Gasteiger partial charge >= 0.3 is 0 Å². The average Bonchev–Trinajstić information content (AvgIpc) is 3.08. The molecule has 0 unspecified atom stereocenters. The van der Waals surface area contributed by atoms with Crippen molar-refractivity contribution >= 4 is 23.1 Å². The second kappa shape index (κ2) is 9.56. The largest absolute Gasteiger partial charge is 0.497 e. The summed E-state index contributed by atoms with van der Waals surface area (Å²) in [7, 11) is 3.05. The minimum Gasteiger partial charge on any atom is -0.497 e. The van der Waals surface area contributed by atoms with E-state index in [9.17, 15) is 14.0 Å². The van der Waals surface area contributed by atoms with Gasteiger partial charge in [0.05, 0.1) is 25.5 Å². The summed E-state index contributed by atoms with van der Waals surface area (Å²) in [5.41, 5.74) is 2.26. The van der Waals surface area contributed by atoms with Crippen molar-refractivity contribution < 1.29 is 23.5 Å². The molecule has 0 atom stereocenters. The molecule has 0 radical (unpaired) electrons. The van der Waals surface area contributed by atoms with Crippen LogP contribution in [0.3, 0.4) is 0 Å². The number of rotatable bonds is 8. The molecule has 1 aliphatic rings. The normalized spacial score (nSPS) is 13.5. The van der Waals surface area contributed by atoms with Gasteiger partial charge in [-0.1, -0.05) is 42.5 Å². The number of ether oxygens (including phenoxy) is 2. The highest BCUT2D eigenvalue weighted by atomic mass is 19.1. The number of hydrogen-bond donors (Lipinski definition) is 1. The SMILES string of the molecule is COc1ccc(NC2=C(c3ccc(F)cc3)C(=O)N(CCc3ccccc3)C2=O)c(OC)c1. The van der Waals surface area contributed by atoms with E-state index in [4.69, 9.17) is 9.47 Å². The number of anilines is 1. The summed E-state index contributed by atoms with van der Waals surface area (Å²) < 4.78 is 24.2. The first kappa shape index (κ1) is 22.1. The average molecular weight is 446 g/mol. The third-order valence-electron chi connectivity index (χ3n) is 5.44. The van der Waals surface area contributed by atoms with Gasteiger partial charge in [-0.15, -0.1) is 0 Å². The first-order chi connectivity index (χ1) is 16.0. The van der Waals surface area contributed by atoms with E-state index in [1.54, 1.807) is 25.3 Å². The Hall–Kier alpha value is -4.13. The number of hydrogen-bond acceptors (Lipinski definition) is 5. The first-order valence-corrected chi connectivity index (χ1v) is 10.4. The van der Waals surface area contributed by atoms with Crippen molar-refractivity contribution in [2.24, 2.45) is 0 Å². The van der Waals surface area contributed by atoms with Crippen LogP contribution in [0.15, 0.2) is 78.5 Å². The Kier molecular flexibility index (Phi) is 6.40. The molecule has 6 nitrogen and oxygen atoms in total. The van der Waals surface area contributed by atoms with E-state index in [0.717, 1.165) is 5.56 Å². The number of nitrogens with one attached hydrogen (secondary N) is 1. The minimum atomic E-state index is -0.451. The summed E-state index contributed by atoms with van der Waals surface area (Å²) in [6.45, 7) is 0.220. The highest BCUT2D eigenvalue weighted by molar-refractivity contribution is 6.36. The zero-order valence-corrected chi connectivity index (χ0v) is 18.3. The molecule has 0 spiro atoms. The second-order valence-corrected chi connectivity index (χ2v) is 7.45. The lowest BCUT2D eigenvalue weighted by molar-refractivity contribution is -0.136. The van der Waals surface area contributed by atoms with Crippen LogP contribution in [0.2, 0.25) is 0 Å². The fourth-order valence-electron chi connectivity index (χ4n) is 3.70. The zero-order chi connectivity index (χ0) is 23.4. The van der Waals surface area contributed by atoms with Gasteiger partial charge in [-0.3, -0.25) is 14.5 Å². The van der Waals surface area contributed by atoms with Crippen LogP contribution in [0.25, 0.3) is 5.57 Å². The molecule has 33 heavy (non-hydrogen) atoms. The second-order valence-electron chi connectivity index (χ2n) is 7.45. The third-order valence-corrected chi connectivity index (χ3v) is 5.44. The Morgan fingerprint density at radius 1 is 0.879 bits per heavy atom. The molecular formula is C26H23FN2O4. The number of carbonyl (C=O) groups excluding carboxylic acids is 2. The molecule has 3 aromatic rings. The van der Waals surface area contributed by atoms with Gasteiger partial charge in [-0.25, -0.2) is 4.39 Å². The molecule has 0 saturated heterocycles. The van der Waals surface area contributed by atoms with E-state index in [0.29, 0.717) is 29.2 Å². The van der Waals surface area contributed by atoms with Crippen molar-refractivity contribution in [3.8, 4) is 11.5 Å². The van der Waals surface area contributed by atoms with Gasteiger partial charge in [0.2, 0.25) is 0 Å². The molecule has 0 aromatic heterocycles. The minimum absolute atomic E-state index is 0.114. The van der Waals surface area contributed by atoms with Gasteiger partial charge in [0.15, 0.2) is 0 Å². The van der Waals surface area contributed by atoms with Crippen LogP contribution in [0.5, 0.6) is 11.5 Å². The van der Waals surface area contributed by atoms with Gasteiger partial charge in [0, 0.05) is 12.6 Å². The maximum absolute atomic E-state index is 13.5. The van der Waals surface area contributed by atoms with Crippen molar-refractivity contribution in [1.82, 2.24) is 4.90 Å². The molecule has 7 heteroatoms. The molecular weight excluding hydrogens is 423 g/mol. The highest BCUT2D eigenvalue weighted by Gasteiger charge is 2.39. The maximum atomic E-state index is 13.5. The summed E-state index contributed by atoms with van der Waals surface area (Å²) in [4.78, 5) is 27.9. The number of halogens is 1. The summed E-state index contributed by atoms with van der Waals surface area (Å²) in [5.74, 6) is -0.277. The van der Waals surface area contributed by atoms with Crippen LogP contribution >= 0.6 is 0 Å². The smallest absolute Gasteiger partial charge is 0.278 e. The fourth-order valence-corrected chi connectivity index (χ4v) is 3.70. The quantitative estimate of drug-likeness (QED) is 0.523. The molecule has 1 heterocycles. The number of benzene rings is 3. The fraction of sp³-hybridized carbons (Fsp3) is 0.154. The molecule has 1 N–H and O–H groups in total. The summed E-state index contributed by atoms with van der Waals surface area (Å²) >= 11 is 0. The van der Waals surface area contributed by atoms with Crippen LogP contribution in [-0.4, -0.2) is 37.5 Å². The molecule has 168 valence electrons. The highest BCUT2D eigenvalue weighted by Crippen LogP contribution is 2.35. The van der Waals surface area contributed by atoms with E-state index >= 15 is 0 Å². The van der Waals surface area contributed by atoms with E-state index in [1.807, 2.05) is 30.3 Å².